The number of esters is 7. The number of carbonyl (C=O) groups is 7. The van der Waals surface area contributed by atoms with Gasteiger partial charge in [0.15, 0.2) is 0 Å². The lowest BCUT2D eigenvalue weighted by Gasteiger charge is -2.62. The maximum Gasteiger partial charge on any atom is 0.306 e. The number of hydrogen-bond acceptors (Lipinski definition) is 15. The van der Waals surface area contributed by atoms with Gasteiger partial charge in [-0.05, 0) is 131 Å². The predicted octanol–water partition coefficient (Wildman–Crippen LogP) is 9.83. The Morgan fingerprint density at radius 2 is 0.986 bits per heavy atom. The number of hydrogen-bond donors (Lipinski definition) is 0. The van der Waals surface area contributed by atoms with Gasteiger partial charge >= 0.3 is 41.8 Å². The van der Waals surface area contributed by atoms with Crippen molar-refractivity contribution in [3.8, 4) is 0 Å². The van der Waals surface area contributed by atoms with E-state index in [9.17, 15) is 33.6 Å². The van der Waals surface area contributed by atoms with Gasteiger partial charge in [0.2, 0.25) is 0 Å². The molecule has 6 saturated carbocycles. The summed E-state index contributed by atoms with van der Waals surface area (Å²) in [5.74, 6) is 0.554. The van der Waals surface area contributed by atoms with Crippen molar-refractivity contribution < 1.29 is 71.1 Å². The van der Waals surface area contributed by atoms with Gasteiger partial charge in [0.1, 0.15) is 53.2 Å². The largest absolute Gasteiger partial charge is 0.466 e. The minimum atomic E-state index is -0.573. The normalized spacial score (nSPS) is 44.2. The summed E-state index contributed by atoms with van der Waals surface area (Å²) in [6.45, 7) is 18.2. The Hall–Kier alpha value is -4.95. The van der Waals surface area contributed by atoms with Crippen LogP contribution in [0.4, 0.5) is 0 Å². The van der Waals surface area contributed by atoms with Crippen LogP contribution in [0.3, 0.4) is 0 Å². The van der Waals surface area contributed by atoms with Crippen molar-refractivity contribution >= 4 is 41.8 Å². The molecule has 0 bridgehead atoms. The molecule has 404 valence electrons. The molecule has 11 rings (SSSR count). The highest BCUT2D eigenvalue weighted by molar-refractivity contribution is 5.73. The molecule has 0 N–H and O–H groups in total. The van der Waals surface area contributed by atoms with E-state index < -0.39 is 28.8 Å². The SMILES string of the molecule is CC(=O)OC1CC[C@@]2(C)C(=C[C@@H](c3ccc(C)o3)[C@@H]3C2[C@H](OC(C)=O)C[C@@]2(C)[C@H]3CCC23CCC(=O)O3)C1.CC(=O)OC1CC[C@@]2(C)C(=C[C@H](OC(C)=O)[C@@H]3C2[C@H](OC(C)=O)C[C@@]2(C)[C@H]3CCC23CCC(=O)O3)C1. The first-order valence-corrected chi connectivity index (χ1v) is 27.6. The van der Waals surface area contributed by atoms with Crippen molar-refractivity contribution in [1.29, 1.82) is 0 Å². The number of fused-ring (bicyclic) bond motifs is 12. The standard InChI is InChI=1S/C31H40O7.C28H38O8/c1-17-6-7-24(35-17)22-15-20-14-21(36-18(2)32)8-11-29(20,4)28-25(37-19(3)33)16-30(5)23(27(22)28)9-12-31(30)13-10-26(34)38-31;1-15(29)33-19-6-9-26(4)18(12-19)13-21(34-16(2)30)24-20-7-10-28(11-8-23(32)36-28)27(20,5)14-22(25(24)26)35-17(3)31/h6-7,15,21-23,25,27-28H,8-14,16H2,1-5H3;13,19-22,24-25H,6-12,14H2,1-5H3/t21?,22-,23-,25+,27-,28?,29-,30-,31?;19?,20-,21-,22+,24+,25?,26-,27-,28?/m00/s1. The van der Waals surface area contributed by atoms with Gasteiger partial charge in [-0.25, -0.2) is 0 Å². The van der Waals surface area contributed by atoms with Crippen LogP contribution < -0.4 is 0 Å². The summed E-state index contributed by atoms with van der Waals surface area (Å²) in [4.78, 5) is 85.4. The van der Waals surface area contributed by atoms with Crippen LogP contribution in [0.1, 0.15) is 182 Å². The van der Waals surface area contributed by atoms with Crippen molar-refractivity contribution in [3.05, 3.63) is 47.0 Å². The summed E-state index contributed by atoms with van der Waals surface area (Å²) < 4.78 is 48.1. The zero-order chi connectivity index (χ0) is 53.1. The van der Waals surface area contributed by atoms with E-state index in [1.165, 1.54) is 40.2 Å². The Morgan fingerprint density at radius 3 is 1.41 bits per heavy atom. The molecule has 2 saturated heterocycles. The number of furan rings is 1. The van der Waals surface area contributed by atoms with Gasteiger partial charge in [0.25, 0.3) is 0 Å². The third-order valence-electron chi connectivity index (χ3n) is 21.4. The molecule has 1 aromatic rings. The van der Waals surface area contributed by atoms with Crippen molar-refractivity contribution in [3.63, 3.8) is 0 Å². The zero-order valence-electron chi connectivity index (χ0n) is 45.2. The summed E-state index contributed by atoms with van der Waals surface area (Å²) in [5, 5.41) is 0. The molecule has 0 aromatic carbocycles. The minimum Gasteiger partial charge on any atom is -0.466 e. The topological polar surface area (TPSA) is 197 Å². The molecule has 6 unspecified atom stereocenters. The van der Waals surface area contributed by atoms with Crippen LogP contribution in [-0.4, -0.2) is 83.5 Å². The summed E-state index contributed by atoms with van der Waals surface area (Å²) >= 11 is 0. The second-order valence-electron chi connectivity index (χ2n) is 25.2. The van der Waals surface area contributed by atoms with Crippen LogP contribution in [0, 0.1) is 64.1 Å². The number of rotatable bonds is 6. The Labute approximate surface area is 435 Å². The van der Waals surface area contributed by atoms with Crippen LogP contribution in [0.5, 0.6) is 0 Å². The van der Waals surface area contributed by atoms with E-state index in [1.54, 1.807) is 0 Å². The average Bonchev–Trinajstić information content (AvgIpc) is 4.12. The molecular formula is C59H78O15. The molecule has 74 heavy (non-hydrogen) atoms. The van der Waals surface area contributed by atoms with Gasteiger partial charge in [-0.3, -0.25) is 33.6 Å². The van der Waals surface area contributed by atoms with Crippen molar-refractivity contribution in [2.45, 2.75) is 220 Å². The maximum atomic E-state index is 12.5. The molecule has 2 spiro atoms. The van der Waals surface area contributed by atoms with E-state index in [1.807, 2.05) is 13.0 Å². The molecule has 0 radical (unpaired) electrons. The van der Waals surface area contributed by atoms with Crippen LogP contribution in [0.2, 0.25) is 0 Å². The van der Waals surface area contributed by atoms with Gasteiger partial charge in [-0.2, -0.15) is 0 Å². The molecule has 10 aliphatic rings. The van der Waals surface area contributed by atoms with E-state index in [0.29, 0.717) is 50.9 Å². The summed E-state index contributed by atoms with van der Waals surface area (Å²) in [6.07, 6.45) is 14.4. The quantitative estimate of drug-likeness (QED) is 0.148. The lowest BCUT2D eigenvalue weighted by Crippen LogP contribution is -2.63. The van der Waals surface area contributed by atoms with Crippen molar-refractivity contribution in [1.82, 2.24) is 0 Å². The zero-order valence-corrected chi connectivity index (χ0v) is 45.2. The highest BCUT2D eigenvalue weighted by atomic mass is 16.6. The Bertz CT molecular complexity index is 2560. The number of allylic oxidation sites excluding steroid dienone is 1. The van der Waals surface area contributed by atoms with Crippen molar-refractivity contribution in [2.75, 3.05) is 0 Å². The summed E-state index contributed by atoms with van der Waals surface area (Å²) in [7, 11) is 0. The second kappa shape index (κ2) is 18.7. The van der Waals surface area contributed by atoms with E-state index in [0.717, 1.165) is 74.9 Å². The first-order chi connectivity index (χ1) is 34.8. The lowest BCUT2D eigenvalue weighted by atomic mass is 9.44. The molecule has 8 aliphatic carbocycles. The molecule has 0 amide bonds. The Kier molecular flexibility index (Phi) is 13.2. The fourth-order valence-electron chi connectivity index (χ4n) is 18.5. The fraction of sp³-hybridized carbons (Fsp3) is 0.746. The minimum absolute atomic E-state index is 0.00258. The molecule has 15 heteroatoms. The summed E-state index contributed by atoms with van der Waals surface area (Å²) in [5.41, 5.74) is 0.136. The van der Waals surface area contributed by atoms with Gasteiger partial charge in [0, 0.05) is 94.8 Å². The van der Waals surface area contributed by atoms with Crippen LogP contribution in [0.15, 0.2) is 39.8 Å². The van der Waals surface area contributed by atoms with Gasteiger partial charge in [0.05, 0.1) is 0 Å². The number of ether oxygens (including phenoxy) is 7. The Morgan fingerprint density at radius 1 is 0.541 bits per heavy atom. The molecule has 15 nitrogen and oxygen atoms in total. The Balaban J connectivity index is 0.000000170. The third-order valence-corrected chi connectivity index (χ3v) is 21.4. The number of aryl methyl sites for hydroxylation is 1. The van der Waals surface area contributed by atoms with Crippen LogP contribution in [-0.2, 0) is 66.7 Å². The van der Waals surface area contributed by atoms with Crippen molar-refractivity contribution in [2.24, 2.45) is 57.2 Å². The van der Waals surface area contributed by atoms with Gasteiger partial charge in [-0.1, -0.05) is 44.9 Å². The lowest BCUT2D eigenvalue weighted by molar-refractivity contribution is -0.209. The predicted molar refractivity (Wildman–Crippen MR) is 265 cm³/mol. The summed E-state index contributed by atoms with van der Waals surface area (Å²) in [6, 6.07) is 4.09. The molecule has 3 heterocycles. The van der Waals surface area contributed by atoms with Crippen LogP contribution >= 0.6 is 0 Å². The van der Waals surface area contributed by atoms with E-state index in [-0.39, 0.29) is 112 Å². The number of carbonyl (C=O) groups excluding carboxylic acids is 7. The molecular weight excluding hydrogens is 949 g/mol. The molecule has 2 aliphatic heterocycles. The molecule has 18 atom stereocenters. The monoisotopic (exact) mass is 1030 g/mol. The van der Waals surface area contributed by atoms with Gasteiger partial charge in [-0.15, -0.1) is 0 Å². The van der Waals surface area contributed by atoms with Gasteiger partial charge < -0.3 is 37.6 Å². The average molecular weight is 1030 g/mol. The maximum absolute atomic E-state index is 12.5. The highest BCUT2D eigenvalue weighted by Crippen LogP contribution is 2.73. The fourth-order valence-corrected chi connectivity index (χ4v) is 18.5. The highest BCUT2D eigenvalue weighted by Gasteiger charge is 2.73. The van der Waals surface area contributed by atoms with Crippen LogP contribution in [0.25, 0.3) is 0 Å². The molecule has 1 aromatic heterocycles. The first kappa shape index (κ1) is 52.5. The smallest absolute Gasteiger partial charge is 0.306 e. The second-order valence-corrected chi connectivity index (χ2v) is 25.2. The third kappa shape index (κ3) is 8.45. The first-order valence-electron chi connectivity index (χ1n) is 27.6. The molecule has 8 fully saturated rings. The van der Waals surface area contributed by atoms with E-state index >= 15 is 0 Å². The van der Waals surface area contributed by atoms with E-state index in [2.05, 4.69) is 45.9 Å². The van der Waals surface area contributed by atoms with E-state index in [4.69, 9.17) is 37.6 Å².